The lowest BCUT2D eigenvalue weighted by Gasteiger charge is -2.35. The molecule has 3 unspecified atom stereocenters. The molecule has 40 heavy (non-hydrogen) atoms. The van der Waals surface area contributed by atoms with Crippen molar-refractivity contribution in [2.24, 2.45) is 16.2 Å². The molecular formula is C30H30N4O4S2. The third kappa shape index (κ3) is 4.46. The van der Waals surface area contributed by atoms with Crippen molar-refractivity contribution in [2.45, 2.75) is 29.3 Å². The van der Waals surface area contributed by atoms with Crippen molar-refractivity contribution >= 4 is 26.1 Å². The molecule has 0 aromatic heterocycles. The second-order valence-corrected chi connectivity index (χ2v) is 14.2. The lowest BCUT2D eigenvalue weighted by Crippen LogP contribution is -2.56. The molecule has 0 radical (unpaired) electrons. The van der Waals surface area contributed by atoms with Crippen LogP contribution >= 0.6 is 0 Å². The zero-order chi connectivity index (χ0) is 28.1. The summed E-state index contributed by atoms with van der Waals surface area (Å²) >= 11 is 0. The molecule has 3 aromatic carbocycles. The van der Waals surface area contributed by atoms with Gasteiger partial charge in [-0.15, -0.1) is 0 Å². The van der Waals surface area contributed by atoms with Gasteiger partial charge in [-0.05, 0) is 45.0 Å². The van der Waals surface area contributed by atoms with Crippen LogP contribution in [-0.2, 0) is 33.1 Å². The monoisotopic (exact) mass is 574 g/mol. The van der Waals surface area contributed by atoms with Gasteiger partial charge in [-0.25, -0.2) is 27.1 Å². The molecule has 0 amide bonds. The van der Waals surface area contributed by atoms with E-state index >= 15 is 0 Å². The smallest absolute Gasteiger partial charge is 0.235 e. The summed E-state index contributed by atoms with van der Waals surface area (Å²) in [5.74, 6) is -1.14. The number of sulfonamides is 2. The zero-order valence-electron chi connectivity index (χ0n) is 21.6. The van der Waals surface area contributed by atoms with Crippen molar-refractivity contribution in [3.63, 3.8) is 0 Å². The molecule has 206 valence electrons. The van der Waals surface area contributed by atoms with E-state index in [-0.39, 0.29) is 12.1 Å². The molecule has 0 saturated carbocycles. The van der Waals surface area contributed by atoms with Gasteiger partial charge in [-0.2, -0.15) is 0 Å². The SMILES string of the molecule is NS(=O)(=O)C1(S(N)(=O)=O)C=C(C2NCc3ccccc32)C=CC1C=Cc1ccc(C2NCc3ccccc32)cc1. The number of hydrogen-bond acceptors (Lipinski definition) is 6. The Morgan fingerprint density at radius 1 is 0.750 bits per heavy atom. The van der Waals surface area contributed by atoms with Gasteiger partial charge >= 0.3 is 0 Å². The molecule has 0 bridgehead atoms. The summed E-state index contributed by atoms with van der Waals surface area (Å²) in [5.41, 5.74) is 6.87. The summed E-state index contributed by atoms with van der Waals surface area (Å²) in [6.45, 7) is 1.38. The van der Waals surface area contributed by atoms with E-state index in [9.17, 15) is 16.8 Å². The molecule has 8 nitrogen and oxygen atoms in total. The molecule has 3 atom stereocenters. The first-order chi connectivity index (χ1) is 19.1. The Labute approximate surface area is 234 Å². The van der Waals surface area contributed by atoms with Gasteiger partial charge in [0.2, 0.25) is 24.1 Å². The average Bonchev–Trinajstić information content (AvgIpc) is 3.56. The van der Waals surface area contributed by atoms with Gasteiger partial charge in [-0.1, -0.05) is 97.1 Å². The number of nitrogens with two attached hydrogens (primary N) is 2. The number of benzene rings is 3. The van der Waals surface area contributed by atoms with Crippen LogP contribution in [0.5, 0.6) is 0 Å². The van der Waals surface area contributed by atoms with Crippen molar-refractivity contribution in [3.8, 4) is 0 Å². The second kappa shape index (κ2) is 9.91. The first-order valence-electron chi connectivity index (χ1n) is 12.9. The van der Waals surface area contributed by atoms with Crippen molar-refractivity contribution in [1.29, 1.82) is 0 Å². The van der Waals surface area contributed by atoms with E-state index in [1.54, 1.807) is 18.2 Å². The highest BCUT2D eigenvalue weighted by molar-refractivity contribution is 8.08. The number of hydrogen-bond donors (Lipinski definition) is 4. The van der Waals surface area contributed by atoms with Crippen LogP contribution in [0.2, 0.25) is 0 Å². The first-order valence-corrected chi connectivity index (χ1v) is 16.0. The molecule has 3 aromatic rings. The highest BCUT2D eigenvalue weighted by atomic mass is 32.3. The van der Waals surface area contributed by atoms with Crippen LogP contribution in [-0.4, -0.2) is 20.9 Å². The van der Waals surface area contributed by atoms with Crippen molar-refractivity contribution in [1.82, 2.24) is 10.6 Å². The molecular weight excluding hydrogens is 544 g/mol. The highest BCUT2D eigenvalue weighted by Crippen LogP contribution is 2.42. The molecule has 0 spiro atoms. The summed E-state index contributed by atoms with van der Waals surface area (Å²) in [7, 11) is -9.43. The Balaban J connectivity index is 1.33. The maximum atomic E-state index is 13.1. The van der Waals surface area contributed by atoms with E-state index in [0.717, 1.165) is 28.8 Å². The largest absolute Gasteiger partial charge is 0.302 e. The molecule has 2 heterocycles. The van der Waals surface area contributed by atoms with Gasteiger partial charge in [-0.3, -0.25) is 0 Å². The van der Waals surface area contributed by atoms with Gasteiger partial charge in [0.15, 0.2) is 0 Å². The number of allylic oxidation sites excluding steroid dienone is 2. The predicted molar refractivity (Wildman–Crippen MR) is 156 cm³/mol. The molecule has 2 aliphatic heterocycles. The summed E-state index contributed by atoms with van der Waals surface area (Å²) in [4.78, 5) is 0. The Bertz CT molecular complexity index is 1750. The average molecular weight is 575 g/mol. The number of fused-ring (bicyclic) bond motifs is 2. The molecule has 1 aliphatic carbocycles. The maximum absolute atomic E-state index is 13.1. The lowest BCUT2D eigenvalue weighted by molar-refractivity contribution is 0.538. The van der Waals surface area contributed by atoms with Crippen molar-refractivity contribution < 1.29 is 16.8 Å². The van der Waals surface area contributed by atoms with Crippen LogP contribution in [0.3, 0.4) is 0 Å². The third-order valence-corrected chi connectivity index (χ3v) is 12.0. The van der Waals surface area contributed by atoms with E-state index in [1.807, 2.05) is 60.7 Å². The summed E-state index contributed by atoms with van der Waals surface area (Å²) in [6.07, 6.45) is 7.74. The topological polar surface area (TPSA) is 144 Å². The van der Waals surface area contributed by atoms with Gasteiger partial charge in [0.1, 0.15) is 0 Å². The molecule has 6 N–H and O–H groups in total. The Morgan fingerprint density at radius 3 is 1.90 bits per heavy atom. The lowest BCUT2D eigenvalue weighted by atomic mass is 9.89. The molecule has 0 saturated heterocycles. The standard InChI is InChI=1S/C30H30N4O4S2/c31-39(35,36)30(40(32,37)38)17-22(29-27-8-4-2-6-24(27)19-34-29)14-16-25(30)15-11-20-9-12-21(13-10-20)28-26-7-3-1-5-23(26)18-33-28/h1-17,25,28-29,33-34H,18-19H2,(H2,31,35,36)(H2,32,37,38). The van der Waals surface area contributed by atoms with Crippen LogP contribution in [0.15, 0.2) is 103 Å². The fourth-order valence-corrected chi connectivity index (χ4v) is 8.98. The quantitative estimate of drug-likeness (QED) is 0.356. The molecule has 0 fully saturated rings. The molecule has 10 heteroatoms. The van der Waals surface area contributed by atoms with E-state index in [0.29, 0.717) is 12.1 Å². The first kappa shape index (κ1) is 26.8. The molecule has 6 rings (SSSR count). The second-order valence-electron chi connectivity index (χ2n) is 10.4. The van der Waals surface area contributed by atoms with Crippen LogP contribution in [0.25, 0.3) is 6.08 Å². The molecule has 3 aliphatic rings. The summed E-state index contributed by atoms with van der Waals surface area (Å²) in [6, 6.07) is 23.5. The number of primary sulfonamides is 2. The number of nitrogens with one attached hydrogen (secondary N) is 2. The Hall–Kier alpha value is -3.38. The fraction of sp³-hybridized carbons (Fsp3) is 0.200. The van der Waals surface area contributed by atoms with Gasteiger partial charge < -0.3 is 10.6 Å². The Kier molecular flexibility index (Phi) is 6.65. The van der Waals surface area contributed by atoms with E-state index in [1.165, 1.54) is 23.3 Å². The maximum Gasteiger partial charge on any atom is 0.235 e. The minimum Gasteiger partial charge on any atom is -0.302 e. The van der Waals surface area contributed by atoms with Gasteiger partial charge in [0.05, 0.1) is 12.1 Å². The van der Waals surface area contributed by atoms with E-state index < -0.39 is 30.0 Å². The van der Waals surface area contributed by atoms with E-state index in [4.69, 9.17) is 10.3 Å². The minimum absolute atomic E-state index is 0.0887. The van der Waals surface area contributed by atoms with Crippen LogP contribution in [0.4, 0.5) is 0 Å². The van der Waals surface area contributed by atoms with Crippen LogP contribution < -0.4 is 20.9 Å². The van der Waals surface area contributed by atoms with Gasteiger partial charge in [0, 0.05) is 19.0 Å². The predicted octanol–water partition coefficient (Wildman–Crippen LogP) is 3.12. The highest BCUT2D eigenvalue weighted by Gasteiger charge is 2.56. The summed E-state index contributed by atoms with van der Waals surface area (Å²) < 4.78 is 49.7. The summed E-state index contributed by atoms with van der Waals surface area (Å²) in [5, 5.41) is 18.1. The Morgan fingerprint density at radius 2 is 1.30 bits per heavy atom. The van der Waals surface area contributed by atoms with Gasteiger partial charge in [0.25, 0.3) is 0 Å². The fourth-order valence-electron chi connectivity index (χ4n) is 6.02. The van der Waals surface area contributed by atoms with Crippen molar-refractivity contribution in [2.75, 3.05) is 0 Å². The van der Waals surface area contributed by atoms with E-state index in [2.05, 4.69) is 22.8 Å². The van der Waals surface area contributed by atoms with Crippen LogP contribution in [0.1, 0.15) is 45.5 Å². The van der Waals surface area contributed by atoms with Crippen molar-refractivity contribution in [3.05, 3.63) is 136 Å². The van der Waals surface area contributed by atoms with Crippen LogP contribution in [0, 0.1) is 5.92 Å². The normalized spacial score (nSPS) is 23.6. The zero-order valence-corrected chi connectivity index (χ0v) is 23.2. The number of rotatable bonds is 6. The minimum atomic E-state index is -4.71. The third-order valence-electron chi connectivity index (χ3n) is 8.04.